The van der Waals surface area contributed by atoms with Crippen molar-refractivity contribution in [2.75, 3.05) is 33.3 Å². The Balaban J connectivity index is 1.94. The summed E-state index contributed by atoms with van der Waals surface area (Å²) in [5.74, 6) is 0.553. The van der Waals surface area contributed by atoms with Gasteiger partial charge in [0.25, 0.3) is 11.6 Å². The molecule has 1 N–H and O–H groups in total. The number of carbonyl (C=O) groups excluding carboxylic acids is 1. The van der Waals surface area contributed by atoms with Crippen LogP contribution in [0.5, 0.6) is 5.75 Å². The van der Waals surface area contributed by atoms with Crippen molar-refractivity contribution >= 4 is 51.9 Å². The van der Waals surface area contributed by atoms with Gasteiger partial charge in [-0.1, -0.05) is 17.7 Å². The van der Waals surface area contributed by atoms with Crippen LogP contribution in [0.4, 0.5) is 11.4 Å². The SMILES string of the molecule is CC[NH+](CC)CCN1C(=O)/C(=C/c2ccc(Cl)c([N+](=O)[O-])c2)SC1=Nc1ccc(OC)cc1. The van der Waals surface area contributed by atoms with Gasteiger partial charge in [0.2, 0.25) is 0 Å². The fourth-order valence-electron chi connectivity index (χ4n) is 3.34. The minimum Gasteiger partial charge on any atom is -0.497 e. The molecule has 0 bridgehead atoms. The van der Waals surface area contributed by atoms with Crippen LogP contribution in [0.1, 0.15) is 19.4 Å². The summed E-state index contributed by atoms with van der Waals surface area (Å²) in [5, 5.41) is 11.9. The van der Waals surface area contributed by atoms with E-state index in [0.29, 0.717) is 27.9 Å². The lowest BCUT2D eigenvalue weighted by molar-refractivity contribution is -0.895. The van der Waals surface area contributed by atoms with Crippen molar-refractivity contribution in [3.05, 3.63) is 68.1 Å². The normalized spacial score (nSPS) is 16.3. The average molecular weight is 490 g/mol. The number of ether oxygens (including phenoxy) is 1. The Kier molecular flexibility index (Phi) is 8.49. The Bertz CT molecular complexity index is 1080. The molecule has 1 fully saturated rings. The van der Waals surface area contributed by atoms with Gasteiger partial charge < -0.3 is 9.64 Å². The third kappa shape index (κ3) is 6.13. The first kappa shape index (κ1) is 24.8. The van der Waals surface area contributed by atoms with Crippen LogP contribution in [-0.2, 0) is 4.79 Å². The number of benzene rings is 2. The molecular formula is C23H26ClN4O4S+. The summed E-state index contributed by atoms with van der Waals surface area (Å²) in [6.45, 7) is 7.48. The van der Waals surface area contributed by atoms with Gasteiger partial charge in [-0.2, -0.15) is 0 Å². The number of hydrogen-bond acceptors (Lipinski definition) is 6. The number of likely N-dealkylation sites (N-methyl/N-ethyl adjacent to an activating group) is 1. The number of rotatable bonds is 9. The van der Waals surface area contributed by atoms with Crippen LogP contribution in [0.25, 0.3) is 6.08 Å². The number of aliphatic imine (C=N–C) groups is 1. The second-order valence-corrected chi connectivity index (χ2v) is 8.75. The zero-order valence-electron chi connectivity index (χ0n) is 18.7. The van der Waals surface area contributed by atoms with E-state index in [0.717, 1.165) is 25.4 Å². The lowest BCUT2D eigenvalue weighted by Crippen LogP contribution is -3.12. The average Bonchev–Trinajstić information content (AvgIpc) is 3.10. The van der Waals surface area contributed by atoms with E-state index in [4.69, 9.17) is 21.3 Å². The molecule has 174 valence electrons. The van der Waals surface area contributed by atoms with Crippen molar-refractivity contribution in [3.63, 3.8) is 0 Å². The number of carbonyl (C=O) groups is 1. The molecule has 33 heavy (non-hydrogen) atoms. The Labute approximate surface area is 202 Å². The van der Waals surface area contributed by atoms with Crippen LogP contribution in [0.15, 0.2) is 52.4 Å². The summed E-state index contributed by atoms with van der Waals surface area (Å²) < 4.78 is 5.20. The standard InChI is InChI=1S/C23H25ClN4O4S/c1-4-26(5-2)12-13-27-22(29)21(15-16-6-11-19(24)20(14-16)28(30)31)33-23(27)25-17-7-9-18(32-3)10-8-17/h6-11,14-15H,4-5,12-13H2,1-3H3/p+1/b21-15-,25-23?. The number of nitrogens with one attached hydrogen (secondary N) is 1. The van der Waals surface area contributed by atoms with E-state index in [-0.39, 0.29) is 16.6 Å². The Morgan fingerprint density at radius 2 is 1.91 bits per heavy atom. The van der Waals surface area contributed by atoms with Gasteiger partial charge in [0.15, 0.2) is 5.17 Å². The Morgan fingerprint density at radius 3 is 2.52 bits per heavy atom. The Morgan fingerprint density at radius 1 is 1.21 bits per heavy atom. The van der Waals surface area contributed by atoms with Crippen LogP contribution >= 0.6 is 23.4 Å². The predicted molar refractivity (Wildman–Crippen MR) is 132 cm³/mol. The summed E-state index contributed by atoms with van der Waals surface area (Å²) in [5.41, 5.74) is 1.03. The third-order valence-corrected chi connectivity index (χ3v) is 6.67. The highest BCUT2D eigenvalue weighted by molar-refractivity contribution is 8.18. The number of halogens is 1. The van der Waals surface area contributed by atoms with Gasteiger partial charge in [-0.05, 0) is 67.6 Å². The summed E-state index contributed by atoms with van der Waals surface area (Å²) in [4.78, 5) is 32.1. The summed E-state index contributed by atoms with van der Waals surface area (Å²) in [6, 6.07) is 11.8. The number of thioether (sulfide) groups is 1. The topological polar surface area (TPSA) is 89.5 Å². The van der Waals surface area contributed by atoms with E-state index in [9.17, 15) is 14.9 Å². The lowest BCUT2D eigenvalue weighted by atomic mass is 10.2. The van der Waals surface area contributed by atoms with E-state index in [1.807, 2.05) is 24.3 Å². The predicted octanol–water partition coefficient (Wildman–Crippen LogP) is 3.79. The first-order valence-electron chi connectivity index (χ1n) is 10.6. The monoisotopic (exact) mass is 489 g/mol. The molecule has 0 spiro atoms. The van der Waals surface area contributed by atoms with Crippen molar-refractivity contribution in [1.29, 1.82) is 0 Å². The van der Waals surface area contributed by atoms with Crippen LogP contribution in [0.2, 0.25) is 5.02 Å². The van der Waals surface area contributed by atoms with Gasteiger partial charge in [-0.3, -0.25) is 19.8 Å². The van der Waals surface area contributed by atoms with Gasteiger partial charge in [0, 0.05) is 6.07 Å². The molecule has 0 radical (unpaired) electrons. The van der Waals surface area contributed by atoms with Gasteiger partial charge in [0.05, 0.1) is 48.8 Å². The van der Waals surface area contributed by atoms with Gasteiger partial charge in [-0.25, -0.2) is 4.99 Å². The first-order chi connectivity index (χ1) is 15.9. The molecule has 0 unspecified atom stereocenters. The molecule has 8 nitrogen and oxygen atoms in total. The number of amidine groups is 1. The highest BCUT2D eigenvalue weighted by Gasteiger charge is 2.34. The quantitative estimate of drug-likeness (QED) is 0.329. The molecule has 1 aliphatic rings. The van der Waals surface area contributed by atoms with Gasteiger partial charge >= 0.3 is 0 Å². The minimum absolute atomic E-state index is 0.0538. The number of amides is 1. The maximum absolute atomic E-state index is 13.3. The van der Waals surface area contributed by atoms with Crippen LogP contribution in [-0.4, -0.2) is 54.2 Å². The Hall–Kier alpha value is -2.88. The van der Waals surface area contributed by atoms with E-state index in [1.54, 1.807) is 24.2 Å². The molecule has 3 rings (SSSR count). The van der Waals surface area contributed by atoms with E-state index in [1.165, 1.54) is 28.8 Å². The number of nitro groups is 1. The fraction of sp³-hybridized carbons (Fsp3) is 0.304. The molecule has 0 saturated carbocycles. The van der Waals surface area contributed by atoms with E-state index >= 15 is 0 Å². The second kappa shape index (κ2) is 11.3. The molecule has 1 saturated heterocycles. The zero-order valence-corrected chi connectivity index (χ0v) is 20.3. The minimum atomic E-state index is -0.538. The van der Waals surface area contributed by atoms with Crippen LogP contribution in [0, 0.1) is 10.1 Å². The number of quaternary nitrogens is 1. The van der Waals surface area contributed by atoms with E-state index in [2.05, 4.69) is 13.8 Å². The maximum Gasteiger partial charge on any atom is 0.288 e. The van der Waals surface area contributed by atoms with Gasteiger partial charge in [0.1, 0.15) is 10.8 Å². The van der Waals surface area contributed by atoms with Crippen molar-refractivity contribution in [2.45, 2.75) is 13.8 Å². The number of nitro benzene ring substituents is 1. The molecule has 1 aliphatic heterocycles. The highest BCUT2D eigenvalue weighted by atomic mass is 35.5. The number of hydrogen-bond donors (Lipinski definition) is 1. The van der Waals surface area contributed by atoms with E-state index < -0.39 is 4.92 Å². The third-order valence-electron chi connectivity index (χ3n) is 5.34. The molecule has 0 aromatic heterocycles. The first-order valence-corrected chi connectivity index (χ1v) is 11.8. The molecule has 0 atom stereocenters. The van der Waals surface area contributed by atoms with Crippen molar-refractivity contribution < 1.29 is 19.4 Å². The van der Waals surface area contributed by atoms with Crippen molar-refractivity contribution in [1.82, 2.24) is 4.90 Å². The number of nitrogens with zero attached hydrogens (tertiary/aromatic N) is 3. The van der Waals surface area contributed by atoms with Gasteiger partial charge in [-0.15, -0.1) is 0 Å². The molecule has 1 amide bonds. The molecule has 10 heteroatoms. The molecule has 0 aliphatic carbocycles. The molecular weight excluding hydrogens is 464 g/mol. The zero-order chi connectivity index (χ0) is 24.0. The summed E-state index contributed by atoms with van der Waals surface area (Å²) >= 11 is 7.18. The van der Waals surface area contributed by atoms with Crippen LogP contribution in [0.3, 0.4) is 0 Å². The largest absolute Gasteiger partial charge is 0.497 e. The van der Waals surface area contributed by atoms with Crippen molar-refractivity contribution in [3.8, 4) is 5.75 Å². The summed E-state index contributed by atoms with van der Waals surface area (Å²) in [7, 11) is 1.60. The summed E-state index contributed by atoms with van der Waals surface area (Å²) in [6.07, 6.45) is 1.64. The molecule has 2 aromatic rings. The van der Waals surface area contributed by atoms with Crippen LogP contribution < -0.4 is 9.64 Å². The maximum atomic E-state index is 13.3. The highest BCUT2D eigenvalue weighted by Crippen LogP contribution is 2.35. The second-order valence-electron chi connectivity index (χ2n) is 7.33. The van der Waals surface area contributed by atoms with Crippen molar-refractivity contribution in [2.24, 2.45) is 4.99 Å². The lowest BCUT2D eigenvalue weighted by Gasteiger charge is -2.20. The fourth-order valence-corrected chi connectivity index (χ4v) is 4.55. The molecule has 1 heterocycles. The number of methoxy groups -OCH3 is 1. The smallest absolute Gasteiger partial charge is 0.288 e. The molecule has 2 aromatic carbocycles.